The molecular formula is C24H21BrN4O3. The number of hydrogen-bond acceptors (Lipinski definition) is 4. The van der Waals surface area contributed by atoms with Gasteiger partial charge in [-0.15, -0.1) is 0 Å². The lowest BCUT2D eigenvalue weighted by Gasteiger charge is -2.13. The summed E-state index contributed by atoms with van der Waals surface area (Å²) in [6.07, 6.45) is 1.63. The number of nitrogens with zero attached hydrogens (tertiary/aromatic N) is 4. The van der Waals surface area contributed by atoms with Crippen molar-refractivity contribution in [3.05, 3.63) is 91.2 Å². The highest BCUT2D eigenvalue weighted by molar-refractivity contribution is 9.10. The van der Waals surface area contributed by atoms with Gasteiger partial charge in [-0.3, -0.25) is 4.79 Å². The molecule has 0 amide bonds. The van der Waals surface area contributed by atoms with Gasteiger partial charge in [-0.05, 0) is 69.7 Å². The van der Waals surface area contributed by atoms with Crippen LogP contribution in [0.5, 0.6) is 0 Å². The van der Waals surface area contributed by atoms with Crippen molar-refractivity contribution < 1.29 is 9.90 Å². The lowest BCUT2D eigenvalue weighted by Crippen LogP contribution is -2.20. The van der Waals surface area contributed by atoms with E-state index in [9.17, 15) is 14.7 Å². The molecule has 4 rings (SSSR count). The molecule has 0 spiro atoms. The highest BCUT2D eigenvalue weighted by atomic mass is 79.9. The Bertz CT molecular complexity index is 1480. The molecular weight excluding hydrogens is 472 g/mol. The van der Waals surface area contributed by atoms with Gasteiger partial charge in [0, 0.05) is 27.1 Å². The third-order valence-corrected chi connectivity index (χ3v) is 5.94. The number of halogens is 1. The summed E-state index contributed by atoms with van der Waals surface area (Å²) in [6, 6.07) is 12.4. The minimum atomic E-state index is -0.971. The maximum absolute atomic E-state index is 13.0. The van der Waals surface area contributed by atoms with Gasteiger partial charge >= 0.3 is 5.97 Å². The molecule has 0 unspecified atom stereocenters. The van der Waals surface area contributed by atoms with Crippen LogP contribution >= 0.6 is 15.9 Å². The van der Waals surface area contributed by atoms with Crippen LogP contribution < -0.4 is 5.56 Å². The summed E-state index contributed by atoms with van der Waals surface area (Å²) in [5.41, 5.74) is 4.99. The Hall–Kier alpha value is -3.52. The zero-order valence-corrected chi connectivity index (χ0v) is 19.6. The summed E-state index contributed by atoms with van der Waals surface area (Å²) in [5.74, 6) is -0.485. The predicted molar refractivity (Wildman–Crippen MR) is 128 cm³/mol. The van der Waals surface area contributed by atoms with Crippen LogP contribution in [0.25, 0.3) is 16.6 Å². The first kappa shape index (κ1) is 21.7. The van der Waals surface area contributed by atoms with E-state index < -0.39 is 5.97 Å². The van der Waals surface area contributed by atoms with Crippen molar-refractivity contribution in [1.82, 2.24) is 14.2 Å². The normalized spacial score (nSPS) is 11.5. The van der Waals surface area contributed by atoms with Gasteiger partial charge in [0.2, 0.25) is 0 Å². The van der Waals surface area contributed by atoms with Crippen molar-refractivity contribution in [2.45, 2.75) is 27.7 Å². The van der Waals surface area contributed by atoms with Gasteiger partial charge in [0.05, 0.1) is 22.7 Å². The fourth-order valence-corrected chi connectivity index (χ4v) is 4.15. The predicted octanol–water partition coefficient (Wildman–Crippen LogP) is 4.76. The number of aryl methyl sites for hydroxylation is 3. The van der Waals surface area contributed by atoms with Crippen molar-refractivity contribution in [3.8, 4) is 5.69 Å². The van der Waals surface area contributed by atoms with Gasteiger partial charge in [-0.2, -0.15) is 9.78 Å². The number of carbonyl (C=O) groups is 1. The minimum absolute atomic E-state index is 0.226. The van der Waals surface area contributed by atoms with Gasteiger partial charge in [0.15, 0.2) is 0 Å². The first-order valence-corrected chi connectivity index (χ1v) is 10.7. The average molecular weight is 493 g/mol. The fourth-order valence-electron chi connectivity index (χ4n) is 3.79. The Morgan fingerprint density at radius 3 is 2.56 bits per heavy atom. The van der Waals surface area contributed by atoms with Crippen LogP contribution in [-0.4, -0.2) is 31.5 Å². The van der Waals surface area contributed by atoms with E-state index in [2.05, 4.69) is 26.0 Å². The van der Waals surface area contributed by atoms with Crippen LogP contribution in [0.1, 0.15) is 38.7 Å². The Morgan fingerprint density at radius 2 is 1.84 bits per heavy atom. The Morgan fingerprint density at radius 1 is 1.09 bits per heavy atom. The number of carboxylic acids is 1. The first-order chi connectivity index (χ1) is 15.2. The molecule has 0 atom stereocenters. The SMILES string of the molecule is Cc1ccc(C(=O)O)cc1-n1c(C)cc(C=Nn2c(C)nc3ccc(Br)cc3c2=O)c1C. The van der Waals surface area contributed by atoms with E-state index in [1.807, 2.05) is 37.5 Å². The van der Waals surface area contributed by atoms with Crippen LogP contribution in [0.15, 0.2) is 56.8 Å². The van der Waals surface area contributed by atoms with E-state index >= 15 is 0 Å². The molecule has 1 N–H and O–H groups in total. The first-order valence-electron chi connectivity index (χ1n) is 9.94. The molecule has 32 heavy (non-hydrogen) atoms. The van der Waals surface area contributed by atoms with E-state index in [-0.39, 0.29) is 11.1 Å². The summed E-state index contributed by atoms with van der Waals surface area (Å²) < 4.78 is 4.08. The highest BCUT2D eigenvalue weighted by Crippen LogP contribution is 2.24. The Balaban J connectivity index is 1.81. The molecule has 0 aliphatic heterocycles. The molecule has 8 heteroatoms. The molecule has 0 bridgehead atoms. The van der Waals surface area contributed by atoms with Crippen LogP contribution in [-0.2, 0) is 0 Å². The maximum Gasteiger partial charge on any atom is 0.335 e. The van der Waals surface area contributed by atoms with Gasteiger partial charge < -0.3 is 9.67 Å². The van der Waals surface area contributed by atoms with Crippen molar-refractivity contribution in [3.63, 3.8) is 0 Å². The van der Waals surface area contributed by atoms with Crippen molar-refractivity contribution in [2.24, 2.45) is 5.10 Å². The van der Waals surface area contributed by atoms with Crippen molar-refractivity contribution in [1.29, 1.82) is 0 Å². The van der Waals surface area contributed by atoms with E-state index in [1.165, 1.54) is 4.68 Å². The van der Waals surface area contributed by atoms with Crippen molar-refractivity contribution in [2.75, 3.05) is 0 Å². The second kappa shape index (κ2) is 8.20. The highest BCUT2D eigenvalue weighted by Gasteiger charge is 2.14. The lowest BCUT2D eigenvalue weighted by atomic mass is 10.1. The van der Waals surface area contributed by atoms with E-state index in [0.717, 1.165) is 32.7 Å². The van der Waals surface area contributed by atoms with Crippen LogP contribution in [0.3, 0.4) is 0 Å². The van der Waals surface area contributed by atoms with Crippen molar-refractivity contribution >= 4 is 39.0 Å². The van der Waals surface area contributed by atoms with Gasteiger partial charge in [-0.1, -0.05) is 22.0 Å². The smallest absolute Gasteiger partial charge is 0.335 e. The monoisotopic (exact) mass is 492 g/mol. The molecule has 2 aromatic heterocycles. The molecule has 0 aliphatic carbocycles. The summed E-state index contributed by atoms with van der Waals surface area (Å²) >= 11 is 3.39. The molecule has 0 aliphatic rings. The van der Waals surface area contributed by atoms with Gasteiger partial charge in [-0.25, -0.2) is 9.78 Å². The largest absolute Gasteiger partial charge is 0.478 e. The molecule has 0 saturated carbocycles. The van der Waals surface area contributed by atoms with E-state index in [0.29, 0.717) is 16.7 Å². The molecule has 0 fully saturated rings. The Labute approximate surface area is 192 Å². The van der Waals surface area contributed by atoms with E-state index in [1.54, 1.807) is 43.5 Å². The third kappa shape index (κ3) is 3.78. The van der Waals surface area contributed by atoms with Crippen LogP contribution in [0, 0.1) is 27.7 Å². The number of fused-ring (bicyclic) bond motifs is 1. The summed E-state index contributed by atoms with van der Waals surface area (Å²) in [7, 11) is 0. The number of benzene rings is 2. The fraction of sp³-hybridized carbons (Fsp3) is 0.167. The molecule has 162 valence electrons. The molecule has 2 aromatic carbocycles. The summed E-state index contributed by atoms with van der Waals surface area (Å²) in [6.45, 7) is 7.57. The molecule has 0 radical (unpaired) electrons. The van der Waals surface area contributed by atoms with Crippen LogP contribution in [0.4, 0.5) is 0 Å². The molecule has 4 aromatic rings. The van der Waals surface area contributed by atoms with Gasteiger partial charge in [0.1, 0.15) is 5.82 Å². The summed E-state index contributed by atoms with van der Waals surface area (Å²) in [5, 5.41) is 14.3. The second-order valence-electron chi connectivity index (χ2n) is 7.65. The number of aromatic nitrogens is 3. The number of rotatable bonds is 4. The molecule has 2 heterocycles. The van der Waals surface area contributed by atoms with E-state index in [4.69, 9.17) is 0 Å². The second-order valence-corrected chi connectivity index (χ2v) is 8.57. The zero-order valence-electron chi connectivity index (χ0n) is 18.0. The number of hydrogen-bond donors (Lipinski definition) is 1. The maximum atomic E-state index is 13.0. The van der Waals surface area contributed by atoms with Gasteiger partial charge in [0.25, 0.3) is 5.56 Å². The molecule has 0 saturated heterocycles. The average Bonchev–Trinajstić information content (AvgIpc) is 3.02. The lowest BCUT2D eigenvalue weighted by molar-refractivity contribution is 0.0697. The van der Waals surface area contributed by atoms with Crippen LogP contribution in [0.2, 0.25) is 0 Å². The third-order valence-electron chi connectivity index (χ3n) is 5.45. The standard InChI is InChI=1S/C24H21BrN4O3/c1-13-5-6-17(24(31)32)10-22(13)28-14(2)9-18(15(28)3)12-26-29-16(4)27-21-8-7-19(25)11-20(21)23(29)30/h5-12H,1-4H3,(H,31,32). The molecule has 7 nitrogen and oxygen atoms in total. The Kier molecular flexibility index (Phi) is 5.56. The zero-order chi connectivity index (χ0) is 23.2. The topological polar surface area (TPSA) is 89.5 Å². The number of aromatic carboxylic acids is 1. The number of carboxylic acid groups (broad SMARTS) is 1. The minimum Gasteiger partial charge on any atom is -0.478 e. The summed E-state index contributed by atoms with van der Waals surface area (Å²) in [4.78, 5) is 28.9. The quantitative estimate of drug-likeness (QED) is 0.415.